The van der Waals surface area contributed by atoms with E-state index >= 15 is 0 Å². The molecule has 1 fully saturated rings. The highest BCUT2D eigenvalue weighted by molar-refractivity contribution is 5.80. The normalized spacial score (nSPS) is 21.7. The van der Waals surface area contributed by atoms with Crippen molar-refractivity contribution in [2.24, 2.45) is 0 Å². The number of hydrogen-bond acceptors (Lipinski definition) is 9. The third kappa shape index (κ3) is 27.9. The summed E-state index contributed by atoms with van der Waals surface area (Å²) in [6.45, 7) is 3.59. The Kier molecular flexibility index (Phi) is 35.4. The Labute approximate surface area is 348 Å². The number of hydrogen-bond donors (Lipinski definition) is 7. The molecular formula is C47H89NO9. The quantitative estimate of drug-likeness (QED) is 0.0237. The van der Waals surface area contributed by atoms with Gasteiger partial charge in [0.1, 0.15) is 30.5 Å². The summed E-state index contributed by atoms with van der Waals surface area (Å²) in [4.78, 5) is 13.0. The van der Waals surface area contributed by atoms with E-state index in [1.807, 2.05) is 6.08 Å². The molecule has 1 saturated heterocycles. The summed E-state index contributed by atoms with van der Waals surface area (Å²) in [5, 5.41) is 64.6. The molecule has 0 spiro atoms. The summed E-state index contributed by atoms with van der Waals surface area (Å²) in [6, 6.07) is -0.977. The first-order valence-electron chi connectivity index (χ1n) is 23.7. The fourth-order valence-electron chi connectivity index (χ4n) is 7.45. The monoisotopic (exact) mass is 812 g/mol. The summed E-state index contributed by atoms with van der Waals surface area (Å²) in [6.07, 6.45) is 34.1. The van der Waals surface area contributed by atoms with Crippen LogP contribution in [-0.2, 0) is 14.3 Å². The largest absolute Gasteiger partial charge is 0.394 e. The van der Waals surface area contributed by atoms with E-state index in [4.69, 9.17) is 9.47 Å². The maximum atomic E-state index is 13.0. The van der Waals surface area contributed by atoms with Crippen LogP contribution in [0, 0.1) is 0 Å². The van der Waals surface area contributed by atoms with E-state index < -0.39 is 61.5 Å². The summed E-state index contributed by atoms with van der Waals surface area (Å²) >= 11 is 0. The number of carbonyl (C=O) groups is 1. The Balaban J connectivity index is 2.36. The fourth-order valence-corrected chi connectivity index (χ4v) is 7.45. The first kappa shape index (κ1) is 53.6. The predicted molar refractivity (Wildman–Crippen MR) is 232 cm³/mol. The molecule has 0 saturated carbocycles. The number of allylic oxidation sites excluding steroid dienone is 3. The third-order valence-corrected chi connectivity index (χ3v) is 11.4. The second kappa shape index (κ2) is 37.6. The smallest absolute Gasteiger partial charge is 0.249 e. The highest BCUT2D eigenvalue weighted by atomic mass is 16.7. The highest BCUT2D eigenvalue weighted by Crippen LogP contribution is 2.23. The topological polar surface area (TPSA) is 169 Å². The van der Waals surface area contributed by atoms with Gasteiger partial charge in [0.25, 0.3) is 0 Å². The Bertz CT molecular complexity index is 963. The number of amides is 1. The van der Waals surface area contributed by atoms with Gasteiger partial charge in [-0.05, 0) is 44.9 Å². The van der Waals surface area contributed by atoms with Gasteiger partial charge >= 0.3 is 0 Å². The molecule has 0 aliphatic carbocycles. The van der Waals surface area contributed by atoms with Crippen LogP contribution in [0.1, 0.15) is 206 Å². The van der Waals surface area contributed by atoms with Crippen molar-refractivity contribution in [3.05, 3.63) is 24.3 Å². The number of unbranched alkanes of at least 4 members (excludes halogenated alkanes) is 26. The molecule has 0 bridgehead atoms. The molecule has 10 nitrogen and oxygen atoms in total. The van der Waals surface area contributed by atoms with Crippen LogP contribution in [0.3, 0.4) is 0 Å². The Hall–Kier alpha value is -1.37. The van der Waals surface area contributed by atoms with Crippen molar-refractivity contribution >= 4 is 5.91 Å². The van der Waals surface area contributed by atoms with E-state index in [1.165, 1.54) is 141 Å². The lowest BCUT2D eigenvalue weighted by molar-refractivity contribution is -0.302. The number of aliphatic hydroxyl groups is 6. The average Bonchev–Trinajstić information content (AvgIpc) is 3.21. The minimum absolute atomic E-state index is 0.304. The van der Waals surface area contributed by atoms with Crippen LogP contribution >= 0.6 is 0 Å². The molecule has 336 valence electrons. The second-order valence-corrected chi connectivity index (χ2v) is 16.7. The number of nitrogens with one attached hydrogen (secondary N) is 1. The summed E-state index contributed by atoms with van der Waals surface area (Å²) < 4.78 is 11.1. The molecule has 7 N–H and O–H groups in total. The van der Waals surface area contributed by atoms with Crippen LogP contribution in [0.25, 0.3) is 0 Å². The standard InChI is InChI=1S/C47H89NO9/c1-3-5-7-9-11-13-15-17-18-19-20-21-22-23-24-26-28-30-32-34-36-41(51)46(55)48-39(38-56-47-45(54)44(53)43(52)42(37-49)57-47)40(50)35-33-31-29-27-25-16-14-12-10-8-6-4-2/h17-18,33,35,39-45,47,49-54H,3-16,19-32,34,36-38H2,1-2H3,(H,48,55)/b18-17-,35-33+/t39-,40+,41+,42+,43-,44-,45+,47+/m0/s1. The van der Waals surface area contributed by atoms with Crippen molar-refractivity contribution in [1.82, 2.24) is 5.32 Å². The molecule has 1 aliphatic heterocycles. The number of rotatable bonds is 39. The first-order valence-corrected chi connectivity index (χ1v) is 23.7. The van der Waals surface area contributed by atoms with Crippen LogP contribution in [0.15, 0.2) is 24.3 Å². The molecule has 57 heavy (non-hydrogen) atoms. The Morgan fingerprint density at radius 3 is 1.47 bits per heavy atom. The summed E-state index contributed by atoms with van der Waals surface area (Å²) in [7, 11) is 0. The molecule has 1 aliphatic rings. The van der Waals surface area contributed by atoms with Gasteiger partial charge in [0.15, 0.2) is 6.29 Å². The molecular weight excluding hydrogens is 723 g/mol. The molecule has 1 heterocycles. The van der Waals surface area contributed by atoms with Gasteiger partial charge < -0.3 is 45.4 Å². The van der Waals surface area contributed by atoms with Crippen LogP contribution in [0.2, 0.25) is 0 Å². The zero-order chi connectivity index (χ0) is 41.8. The number of carbonyl (C=O) groups excluding carboxylic acids is 1. The number of ether oxygens (including phenoxy) is 2. The lowest BCUT2D eigenvalue weighted by Crippen LogP contribution is -2.60. The van der Waals surface area contributed by atoms with Gasteiger partial charge in [-0.1, -0.05) is 186 Å². The zero-order valence-corrected chi connectivity index (χ0v) is 36.5. The van der Waals surface area contributed by atoms with Gasteiger partial charge in [-0.2, -0.15) is 0 Å². The van der Waals surface area contributed by atoms with E-state index in [9.17, 15) is 35.4 Å². The van der Waals surface area contributed by atoms with E-state index in [2.05, 4.69) is 31.3 Å². The molecule has 1 rings (SSSR count). The van der Waals surface area contributed by atoms with Crippen molar-refractivity contribution in [3.8, 4) is 0 Å². The molecule has 0 aromatic rings. The minimum Gasteiger partial charge on any atom is -0.394 e. The van der Waals surface area contributed by atoms with E-state index in [0.29, 0.717) is 12.8 Å². The molecule has 0 radical (unpaired) electrons. The first-order chi connectivity index (χ1) is 27.8. The summed E-state index contributed by atoms with van der Waals surface area (Å²) in [5.41, 5.74) is 0. The van der Waals surface area contributed by atoms with Crippen LogP contribution in [0.4, 0.5) is 0 Å². The van der Waals surface area contributed by atoms with Gasteiger partial charge in [0.05, 0.1) is 25.4 Å². The SMILES string of the molecule is CCCCCCCC/C=C\CCCCCCCCCCCC[C@@H](O)C(=O)N[C@@H](CO[C@@H]1O[C@H](CO)[C@H](O)[C@H](O)[C@H]1O)[C@H](O)/C=C/CCCCCCCCCCCC. The molecule has 0 aromatic carbocycles. The van der Waals surface area contributed by atoms with Crippen molar-refractivity contribution in [2.75, 3.05) is 13.2 Å². The van der Waals surface area contributed by atoms with E-state index in [0.717, 1.165) is 38.5 Å². The molecule has 10 heteroatoms. The van der Waals surface area contributed by atoms with E-state index in [-0.39, 0.29) is 6.61 Å². The van der Waals surface area contributed by atoms with E-state index in [1.54, 1.807) is 6.08 Å². The van der Waals surface area contributed by atoms with Gasteiger partial charge in [-0.15, -0.1) is 0 Å². The zero-order valence-electron chi connectivity index (χ0n) is 36.5. The molecule has 0 unspecified atom stereocenters. The molecule has 1 amide bonds. The number of aliphatic hydroxyl groups excluding tert-OH is 6. The van der Waals surface area contributed by atoms with Gasteiger partial charge in [-0.25, -0.2) is 0 Å². The van der Waals surface area contributed by atoms with Crippen LogP contribution in [-0.4, -0.2) is 98.7 Å². The van der Waals surface area contributed by atoms with Gasteiger partial charge in [0.2, 0.25) is 5.91 Å². The van der Waals surface area contributed by atoms with Crippen LogP contribution in [0.5, 0.6) is 0 Å². The molecule has 0 aromatic heterocycles. The predicted octanol–water partition coefficient (Wildman–Crippen LogP) is 8.86. The lowest BCUT2D eigenvalue weighted by Gasteiger charge is -2.40. The fraction of sp³-hybridized carbons (Fsp3) is 0.894. The summed E-state index contributed by atoms with van der Waals surface area (Å²) in [5.74, 6) is -0.618. The van der Waals surface area contributed by atoms with Crippen LogP contribution < -0.4 is 5.32 Å². The van der Waals surface area contributed by atoms with Crippen molar-refractivity contribution in [1.29, 1.82) is 0 Å². The maximum Gasteiger partial charge on any atom is 0.249 e. The third-order valence-electron chi connectivity index (χ3n) is 11.4. The Morgan fingerprint density at radius 1 is 0.596 bits per heavy atom. The van der Waals surface area contributed by atoms with Gasteiger partial charge in [-0.3, -0.25) is 4.79 Å². The highest BCUT2D eigenvalue weighted by Gasteiger charge is 2.44. The minimum atomic E-state index is -1.61. The maximum absolute atomic E-state index is 13.0. The lowest BCUT2D eigenvalue weighted by atomic mass is 9.99. The van der Waals surface area contributed by atoms with Gasteiger partial charge in [0, 0.05) is 0 Å². The second-order valence-electron chi connectivity index (χ2n) is 16.7. The van der Waals surface area contributed by atoms with Crippen molar-refractivity contribution < 1.29 is 44.9 Å². The average molecular weight is 812 g/mol. The Morgan fingerprint density at radius 2 is 1.02 bits per heavy atom. The van der Waals surface area contributed by atoms with Crippen molar-refractivity contribution in [2.45, 2.75) is 255 Å². The molecule has 8 atom stereocenters. The van der Waals surface area contributed by atoms with Crippen molar-refractivity contribution in [3.63, 3.8) is 0 Å².